The molecule has 0 aliphatic carbocycles. The van der Waals surface area contributed by atoms with Gasteiger partial charge in [0.2, 0.25) is 0 Å². The topological polar surface area (TPSA) is 80.9 Å². The van der Waals surface area contributed by atoms with Gasteiger partial charge in [0.05, 0.1) is 16.9 Å². The van der Waals surface area contributed by atoms with Gasteiger partial charge in [0, 0.05) is 36.3 Å². The summed E-state index contributed by atoms with van der Waals surface area (Å²) in [5.74, 6) is -0.100. The minimum Gasteiger partial charge on any atom is -0.355 e. The van der Waals surface area contributed by atoms with Crippen molar-refractivity contribution in [3.63, 3.8) is 0 Å². The van der Waals surface area contributed by atoms with Gasteiger partial charge in [-0.1, -0.05) is 12.1 Å². The third-order valence-corrected chi connectivity index (χ3v) is 3.51. The highest BCUT2D eigenvalue weighted by Crippen LogP contribution is 2.21. The molecule has 0 aliphatic heterocycles. The van der Waals surface area contributed by atoms with E-state index in [1.165, 1.54) is 0 Å². The average molecular weight is 292 g/mol. The predicted octanol–water partition coefficient (Wildman–Crippen LogP) is 2.12. The predicted molar refractivity (Wildman–Crippen MR) is 86.3 cm³/mol. The fourth-order valence-corrected chi connectivity index (χ4v) is 2.27. The summed E-state index contributed by atoms with van der Waals surface area (Å²) in [6, 6.07) is 13.2. The van der Waals surface area contributed by atoms with E-state index in [4.69, 9.17) is 5.73 Å². The molecule has 0 aliphatic rings. The van der Waals surface area contributed by atoms with Crippen LogP contribution in [0.3, 0.4) is 0 Å². The zero-order valence-electron chi connectivity index (χ0n) is 12.2. The molecule has 0 fully saturated rings. The van der Waals surface area contributed by atoms with Crippen LogP contribution in [0, 0.1) is 0 Å². The number of fused-ring (bicyclic) bond motifs is 1. The van der Waals surface area contributed by atoms with Crippen LogP contribution in [-0.2, 0) is 6.54 Å². The lowest BCUT2D eigenvalue weighted by Gasteiger charge is -2.05. The maximum atomic E-state index is 11.6. The monoisotopic (exact) mass is 292 g/mol. The van der Waals surface area contributed by atoms with Gasteiger partial charge in [-0.25, -0.2) is 4.98 Å². The molecular weight excluding hydrogens is 276 g/mol. The molecule has 5 heteroatoms. The third-order valence-electron chi connectivity index (χ3n) is 3.51. The van der Waals surface area contributed by atoms with E-state index in [9.17, 15) is 4.79 Å². The summed E-state index contributed by atoms with van der Waals surface area (Å²) in [4.78, 5) is 20.5. The standard InChI is InChI=1S/C17H16N4O/c1-19-17(22)12-4-2-11(3-5-12)15-7-6-13-10-20-14(9-18)8-16(13)21-15/h2-8,10H,9,18H2,1H3,(H,19,22). The van der Waals surface area contributed by atoms with Crippen molar-refractivity contribution in [3.05, 3.63) is 59.9 Å². The smallest absolute Gasteiger partial charge is 0.251 e. The van der Waals surface area contributed by atoms with Crippen LogP contribution >= 0.6 is 0 Å². The first-order valence-corrected chi connectivity index (χ1v) is 6.99. The minimum absolute atomic E-state index is 0.100. The Kier molecular flexibility index (Phi) is 3.80. The van der Waals surface area contributed by atoms with Crippen LogP contribution in [-0.4, -0.2) is 22.9 Å². The van der Waals surface area contributed by atoms with E-state index in [-0.39, 0.29) is 5.91 Å². The summed E-state index contributed by atoms with van der Waals surface area (Å²) >= 11 is 0. The van der Waals surface area contributed by atoms with Gasteiger partial charge in [-0.05, 0) is 30.3 Å². The number of nitrogens with two attached hydrogens (primary N) is 1. The number of amides is 1. The van der Waals surface area contributed by atoms with Crippen molar-refractivity contribution in [3.8, 4) is 11.3 Å². The molecule has 2 aromatic heterocycles. The second-order valence-electron chi connectivity index (χ2n) is 4.93. The molecule has 0 atom stereocenters. The second-order valence-corrected chi connectivity index (χ2v) is 4.93. The number of carbonyl (C=O) groups is 1. The van der Waals surface area contributed by atoms with E-state index in [0.29, 0.717) is 12.1 Å². The number of aromatic nitrogens is 2. The molecule has 1 aromatic carbocycles. The summed E-state index contributed by atoms with van der Waals surface area (Å²) in [7, 11) is 1.62. The summed E-state index contributed by atoms with van der Waals surface area (Å²) in [5, 5.41) is 3.58. The molecule has 3 aromatic rings. The lowest BCUT2D eigenvalue weighted by atomic mass is 10.1. The number of hydrogen-bond acceptors (Lipinski definition) is 4. The Labute approximate surface area is 128 Å². The second kappa shape index (κ2) is 5.91. The van der Waals surface area contributed by atoms with Crippen LogP contribution in [0.1, 0.15) is 16.1 Å². The molecule has 5 nitrogen and oxygen atoms in total. The molecule has 0 bridgehead atoms. The Morgan fingerprint density at radius 2 is 1.95 bits per heavy atom. The fraction of sp³-hybridized carbons (Fsp3) is 0.118. The van der Waals surface area contributed by atoms with Gasteiger partial charge in [0.25, 0.3) is 5.91 Å². The Hall–Kier alpha value is -2.79. The highest BCUT2D eigenvalue weighted by atomic mass is 16.1. The molecule has 22 heavy (non-hydrogen) atoms. The number of benzene rings is 1. The van der Waals surface area contributed by atoms with E-state index in [1.54, 1.807) is 25.4 Å². The van der Waals surface area contributed by atoms with Crippen molar-refractivity contribution in [2.75, 3.05) is 7.05 Å². The van der Waals surface area contributed by atoms with Crippen molar-refractivity contribution < 1.29 is 4.79 Å². The Morgan fingerprint density at radius 1 is 1.18 bits per heavy atom. The first kappa shape index (κ1) is 14.2. The van der Waals surface area contributed by atoms with Crippen molar-refractivity contribution in [2.24, 2.45) is 5.73 Å². The number of nitrogens with one attached hydrogen (secondary N) is 1. The van der Waals surface area contributed by atoms with E-state index in [1.807, 2.05) is 30.3 Å². The van der Waals surface area contributed by atoms with Gasteiger partial charge in [-0.3, -0.25) is 9.78 Å². The lowest BCUT2D eigenvalue weighted by molar-refractivity contribution is 0.0963. The molecule has 110 valence electrons. The summed E-state index contributed by atoms with van der Waals surface area (Å²) < 4.78 is 0. The number of hydrogen-bond donors (Lipinski definition) is 2. The zero-order valence-corrected chi connectivity index (χ0v) is 12.2. The molecule has 0 radical (unpaired) electrons. The third kappa shape index (κ3) is 2.66. The largest absolute Gasteiger partial charge is 0.355 e. The highest BCUT2D eigenvalue weighted by Gasteiger charge is 2.06. The van der Waals surface area contributed by atoms with Crippen LogP contribution in [0.15, 0.2) is 48.7 Å². The highest BCUT2D eigenvalue weighted by molar-refractivity contribution is 5.94. The first-order valence-electron chi connectivity index (χ1n) is 6.99. The van der Waals surface area contributed by atoms with Crippen molar-refractivity contribution >= 4 is 16.8 Å². The van der Waals surface area contributed by atoms with Crippen LogP contribution < -0.4 is 11.1 Å². The van der Waals surface area contributed by atoms with Gasteiger partial charge in [0.15, 0.2) is 0 Å². The molecule has 0 unspecified atom stereocenters. The molecular formula is C17H16N4O. The van der Waals surface area contributed by atoms with Gasteiger partial charge < -0.3 is 11.1 Å². The molecule has 0 saturated carbocycles. The van der Waals surface area contributed by atoms with E-state index >= 15 is 0 Å². The SMILES string of the molecule is CNC(=O)c1ccc(-c2ccc3cnc(CN)cc3n2)cc1. The zero-order chi connectivity index (χ0) is 15.5. The number of carbonyl (C=O) groups excluding carboxylic acids is 1. The van der Waals surface area contributed by atoms with E-state index < -0.39 is 0 Å². The van der Waals surface area contributed by atoms with Crippen molar-refractivity contribution in [2.45, 2.75) is 6.54 Å². The van der Waals surface area contributed by atoms with E-state index in [0.717, 1.165) is 27.9 Å². The molecule has 0 saturated heterocycles. The van der Waals surface area contributed by atoms with Gasteiger partial charge in [-0.2, -0.15) is 0 Å². The number of pyridine rings is 2. The average Bonchev–Trinajstić information content (AvgIpc) is 2.60. The molecule has 3 N–H and O–H groups in total. The summed E-state index contributed by atoms with van der Waals surface area (Å²) in [6.45, 7) is 0.392. The van der Waals surface area contributed by atoms with Crippen LogP contribution in [0.2, 0.25) is 0 Å². The maximum Gasteiger partial charge on any atom is 0.251 e. The fourth-order valence-electron chi connectivity index (χ4n) is 2.27. The van der Waals surface area contributed by atoms with Gasteiger partial charge in [0.1, 0.15) is 0 Å². The minimum atomic E-state index is -0.100. The lowest BCUT2D eigenvalue weighted by Crippen LogP contribution is -2.17. The van der Waals surface area contributed by atoms with E-state index in [2.05, 4.69) is 15.3 Å². The maximum absolute atomic E-state index is 11.6. The molecule has 2 heterocycles. The molecule has 3 rings (SSSR count). The van der Waals surface area contributed by atoms with Crippen molar-refractivity contribution in [1.82, 2.24) is 15.3 Å². The summed E-state index contributed by atoms with van der Waals surface area (Å²) in [5.41, 5.74) is 9.73. The number of rotatable bonds is 3. The molecule has 0 spiro atoms. The van der Waals surface area contributed by atoms with Crippen LogP contribution in [0.5, 0.6) is 0 Å². The quantitative estimate of drug-likeness (QED) is 0.774. The Bertz CT molecular complexity index is 828. The normalized spacial score (nSPS) is 10.6. The molecule has 1 amide bonds. The van der Waals surface area contributed by atoms with Crippen LogP contribution in [0.25, 0.3) is 22.2 Å². The van der Waals surface area contributed by atoms with Gasteiger partial charge in [-0.15, -0.1) is 0 Å². The number of nitrogens with zero attached hydrogens (tertiary/aromatic N) is 2. The first-order chi connectivity index (χ1) is 10.7. The van der Waals surface area contributed by atoms with Gasteiger partial charge >= 0.3 is 0 Å². The van der Waals surface area contributed by atoms with Crippen molar-refractivity contribution in [1.29, 1.82) is 0 Å². The summed E-state index contributed by atoms with van der Waals surface area (Å²) in [6.07, 6.45) is 1.78. The van der Waals surface area contributed by atoms with Crippen LogP contribution in [0.4, 0.5) is 0 Å². The Morgan fingerprint density at radius 3 is 2.64 bits per heavy atom. The Balaban J connectivity index is 2.00.